The molecule has 3 nitrogen and oxygen atoms in total. The number of hydrogen-bond acceptors (Lipinski definition) is 2. The minimum atomic E-state index is 0.163. The summed E-state index contributed by atoms with van der Waals surface area (Å²) in [5, 5.41) is 0. The van der Waals surface area contributed by atoms with Gasteiger partial charge in [-0.25, -0.2) is 0 Å². The third kappa shape index (κ3) is 3.98. The molecule has 1 fully saturated rings. The van der Waals surface area contributed by atoms with Crippen LogP contribution in [0.3, 0.4) is 0 Å². The third-order valence-corrected chi connectivity index (χ3v) is 4.08. The van der Waals surface area contributed by atoms with E-state index in [4.69, 9.17) is 5.73 Å². The Morgan fingerprint density at radius 3 is 2.71 bits per heavy atom. The van der Waals surface area contributed by atoms with Crippen LogP contribution in [0.4, 0.5) is 0 Å². The van der Waals surface area contributed by atoms with Crippen molar-refractivity contribution in [3.63, 3.8) is 0 Å². The Morgan fingerprint density at radius 1 is 1.47 bits per heavy atom. The van der Waals surface area contributed by atoms with Gasteiger partial charge in [-0.2, -0.15) is 0 Å². The SMILES string of the molecule is CCCCC(CC)C(=O)N1CCC(C)C(N)C1. The lowest BCUT2D eigenvalue weighted by Gasteiger charge is -2.36. The zero-order valence-corrected chi connectivity index (χ0v) is 11.6. The van der Waals surface area contributed by atoms with Gasteiger partial charge in [-0.3, -0.25) is 4.79 Å². The highest BCUT2D eigenvalue weighted by Crippen LogP contribution is 2.21. The van der Waals surface area contributed by atoms with E-state index in [1.54, 1.807) is 0 Å². The molecule has 1 aliphatic rings. The summed E-state index contributed by atoms with van der Waals surface area (Å²) in [6.45, 7) is 8.13. The zero-order chi connectivity index (χ0) is 12.8. The molecule has 3 heteroatoms. The molecular formula is C14H28N2O. The molecule has 3 unspecified atom stereocenters. The molecule has 100 valence electrons. The zero-order valence-electron chi connectivity index (χ0n) is 11.6. The maximum absolute atomic E-state index is 12.4. The summed E-state index contributed by atoms with van der Waals surface area (Å²) in [6, 6.07) is 0.163. The van der Waals surface area contributed by atoms with Gasteiger partial charge < -0.3 is 10.6 Å². The van der Waals surface area contributed by atoms with E-state index in [1.165, 1.54) is 6.42 Å². The predicted octanol–water partition coefficient (Wildman–Crippen LogP) is 2.40. The molecule has 0 aromatic rings. The average molecular weight is 240 g/mol. The highest BCUT2D eigenvalue weighted by molar-refractivity contribution is 5.79. The lowest BCUT2D eigenvalue weighted by atomic mass is 9.91. The molecule has 0 radical (unpaired) electrons. The number of carbonyl (C=O) groups is 1. The van der Waals surface area contributed by atoms with Crippen LogP contribution in [0.15, 0.2) is 0 Å². The molecule has 1 rings (SSSR count). The first-order chi connectivity index (χ1) is 8.10. The van der Waals surface area contributed by atoms with Crippen molar-refractivity contribution >= 4 is 5.91 Å². The van der Waals surface area contributed by atoms with Crippen molar-refractivity contribution in [1.82, 2.24) is 4.90 Å². The summed E-state index contributed by atoms with van der Waals surface area (Å²) >= 11 is 0. The van der Waals surface area contributed by atoms with E-state index in [9.17, 15) is 4.79 Å². The Morgan fingerprint density at radius 2 is 2.18 bits per heavy atom. The molecule has 2 N–H and O–H groups in total. The van der Waals surface area contributed by atoms with Crippen LogP contribution in [0, 0.1) is 11.8 Å². The molecule has 0 bridgehead atoms. The molecule has 1 aliphatic heterocycles. The van der Waals surface area contributed by atoms with E-state index >= 15 is 0 Å². The van der Waals surface area contributed by atoms with Crippen molar-refractivity contribution in [2.24, 2.45) is 17.6 Å². The summed E-state index contributed by atoms with van der Waals surface area (Å²) in [6.07, 6.45) is 5.37. The molecule has 1 heterocycles. The average Bonchev–Trinajstić information content (AvgIpc) is 2.33. The fourth-order valence-corrected chi connectivity index (χ4v) is 2.51. The van der Waals surface area contributed by atoms with Gasteiger partial charge in [0.05, 0.1) is 0 Å². The van der Waals surface area contributed by atoms with Crippen LogP contribution in [0.1, 0.15) is 52.9 Å². The van der Waals surface area contributed by atoms with Gasteiger partial charge >= 0.3 is 0 Å². The predicted molar refractivity (Wildman–Crippen MR) is 71.6 cm³/mol. The van der Waals surface area contributed by atoms with Crippen molar-refractivity contribution in [3.05, 3.63) is 0 Å². The highest BCUT2D eigenvalue weighted by Gasteiger charge is 2.29. The second-order valence-corrected chi connectivity index (χ2v) is 5.46. The summed E-state index contributed by atoms with van der Waals surface area (Å²) < 4.78 is 0. The number of rotatable bonds is 5. The summed E-state index contributed by atoms with van der Waals surface area (Å²) in [4.78, 5) is 14.4. The van der Waals surface area contributed by atoms with Crippen molar-refractivity contribution in [3.8, 4) is 0 Å². The molecule has 1 saturated heterocycles. The van der Waals surface area contributed by atoms with Gasteiger partial charge in [-0.15, -0.1) is 0 Å². The van der Waals surface area contributed by atoms with Crippen LogP contribution in [0.2, 0.25) is 0 Å². The van der Waals surface area contributed by atoms with E-state index in [0.717, 1.165) is 38.8 Å². The van der Waals surface area contributed by atoms with Crippen LogP contribution in [0.5, 0.6) is 0 Å². The van der Waals surface area contributed by atoms with Gasteiger partial charge in [-0.1, -0.05) is 33.6 Å². The van der Waals surface area contributed by atoms with Gasteiger partial charge in [0, 0.05) is 25.0 Å². The van der Waals surface area contributed by atoms with Gasteiger partial charge in [-0.05, 0) is 25.2 Å². The van der Waals surface area contributed by atoms with E-state index in [2.05, 4.69) is 20.8 Å². The van der Waals surface area contributed by atoms with Crippen LogP contribution in [0.25, 0.3) is 0 Å². The maximum Gasteiger partial charge on any atom is 0.225 e. The smallest absolute Gasteiger partial charge is 0.225 e. The van der Waals surface area contributed by atoms with Crippen LogP contribution >= 0.6 is 0 Å². The summed E-state index contributed by atoms with van der Waals surface area (Å²) in [7, 11) is 0. The normalized spacial score (nSPS) is 26.9. The minimum absolute atomic E-state index is 0.163. The van der Waals surface area contributed by atoms with E-state index in [-0.39, 0.29) is 12.0 Å². The van der Waals surface area contributed by atoms with Crippen molar-refractivity contribution < 1.29 is 4.79 Å². The molecule has 0 aliphatic carbocycles. The number of piperidine rings is 1. The van der Waals surface area contributed by atoms with E-state index in [0.29, 0.717) is 11.8 Å². The van der Waals surface area contributed by atoms with Crippen molar-refractivity contribution in [2.45, 2.75) is 58.9 Å². The molecule has 0 spiro atoms. The number of nitrogens with two attached hydrogens (primary N) is 1. The first-order valence-electron chi connectivity index (χ1n) is 7.14. The maximum atomic E-state index is 12.4. The number of hydrogen-bond donors (Lipinski definition) is 1. The van der Waals surface area contributed by atoms with Gasteiger partial charge in [0.1, 0.15) is 0 Å². The topological polar surface area (TPSA) is 46.3 Å². The number of likely N-dealkylation sites (tertiary alicyclic amines) is 1. The van der Waals surface area contributed by atoms with Crippen molar-refractivity contribution in [2.75, 3.05) is 13.1 Å². The van der Waals surface area contributed by atoms with Crippen LogP contribution in [-0.2, 0) is 4.79 Å². The molecule has 0 aromatic heterocycles. The van der Waals surface area contributed by atoms with E-state index in [1.807, 2.05) is 4.90 Å². The third-order valence-electron chi connectivity index (χ3n) is 4.08. The molecule has 0 aromatic carbocycles. The van der Waals surface area contributed by atoms with Crippen molar-refractivity contribution in [1.29, 1.82) is 0 Å². The number of nitrogens with zero attached hydrogens (tertiary/aromatic N) is 1. The fourth-order valence-electron chi connectivity index (χ4n) is 2.51. The summed E-state index contributed by atoms with van der Waals surface area (Å²) in [5.41, 5.74) is 6.05. The Kier molecular flexibility index (Phi) is 5.96. The van der Waals surface area contributed by atoms with Gasteiger partial charge in [0.2, 0.25) is 5.91 Å². The molecular weight excluding hydrogens is 212 g/mol. The Balaban J connectivity index is 2.50. The van der Waals surface area contributed by atoms with Gasteiger partial charge in [0.25, 0.3) is 0 Å². The monoisotopic (exact) mass is 240 g/mol. The largest absolute Gasteiger partial charge is 0.341 e. The number of unbranched alkanes of at least 4 members (excludes halogenated alkanes) is 1. The number of carbonyl (C=O) groups excluding carboxylic acids is 1. The Hall–Kier alpha value is -0.570. The summed E-state index contributed by atoms with van der Waals surface area (Å²) in [5.74, 6) is 1.11. The molecule has 3 atom stereocenters. The second-order valence-electron chi connectivity index (χ2n) is 5.46. The molecule has 1 amide bonds. The van der Waals surface area contributed by atoms with Gasteiger partial charge in [0.15, 0.2) is 0 Å². The lowest BCUT2D eigenvalue weighted by molar-refractivity contribution is -0.137. The highest BCUT2D eigenvalue weighted by atomic mass is 16.2. The fraction of sp³-hybridized carbons (Fsp3) is 0.929. The molecule has 17 heavy (non-hydrogen) atoms. The number of amides is 1. The first kappa shape index (κ1) is 14.5. The Labute approximate surface area is 106 Å². The lowest BCUT2D eigenvalue weighted by Crippen LogP contribution is -2.51. The quantitative estimate of drug-likeness (QED) is 0.802. The molecule has 0 saturated carbocycles. The standard InChI is InChI=1S/C14H28N2O/c1-4-6-7-12(5-2)14(17)16-9-8-11(3)13(15)10-16/h11-13H,4-10,15H2,1-3H3. The van der Waals surface area contributed by atoms with Crippen LogP contribution < -0.4 is 5.73 Å². The first-order valence-corrected chi connectivity index (χ1v) is 7.14. The minimum Gasteiger partial charge on any atom is -0.341 e. The van der Waals surface area contributed by atoms with Crippen LogP contribution in [-0.4, -0.2) is 29.9 Å². The second kappa shape index (κ2) is 7.00. The Bertz CT molecular complexity index is 242. The van der Waals surface area contributed by atoms with E-state index < -0.39 is 0 Å².